The fourth-order valence-electron chi connectivity index (χ4n) is 3.26. The first-order valence-corrected chi connectivity index (χ1v) is 8.02. The summed E-state index contributed by atoms with van der Waals surface area (Å²) in [5, 5.41) is 4.61. The van der Waals surface area contributed by atoms with Gasteiger partial charge in [0.25, 0.3) is 0 Å². The molecule has 1 aromatic carbocycles. The van der Waals surface area contributed by atoms with Gasteiger partial charge < -0.3 is 5.32 Å². The van der Waals surface area contributed by atoms with E-state index < -0.39 is 0 Å². The van der Waals surface area contributed by atoms with Gasteiger partial charge in [-0.25, -0.2) is 0 Å². The molecular formula is C17H26ClN. The number of halogens is 1. The Bertz CT molecular complexity index is 371. The maximum Gasteiger partial charge on any atom is 0.0406 e. The van der Waals surface area contributed by atoms with E-state index in [4.69, 9.17) is 11.6 Å². The average Bonchev–Trinajstić information content (AvgIpc) is 2.41. The Morgan fingerprint density at radius 2 is 1.84 bits per heavy atom. The highest BCUT2D eigenvalue weighted by Crippen LogP contribution is 2.30. The summed E-state index contributed by atoms with van der Waals surface area (Å²) in [5.74, 6) is 1.66. The first kappa shape index (κ1) is 14.9. The fourth-order valence-corrected chi connectivity index (χ4v) is 3.39. The Kier molecular flexibility index (Phi) is 5.72. The molecule has 0 amide bonds. The molecule has 2 heteroatoms. The highest BCUT2D eigenvalue weighted by Gasteiger charge is 2.26. The molecule has 0 aromatic heterocycles. The molecule has 1 N–H and O–H groups in total. The predicted octanol–water partition coefficient (Wildman–Crippen LogP) is 4.69. The Hall–Kier alpha value is -0.530. The monoisotopic (exact) mass is 279 g/mol. The van der Waals surface area contributed by atoms with Crippen LogP contribution in [0, 0.1) is 11.8 Å². The molecule has 0 bridgehead atoms. The molecule has 1 nitrogen and oxygen atoms in total. The van der Waals surface area contributed by atoms with Crippen molar-refractivity contribution >= 4 is 11.6 Å². The molecule has 106 valence electrons. The topological polar surface area (TPSA) is 12.0 Å². The summed E-state index contributed by atoms with van der Waals surface area (Å²) >= 11 is 5.91. The summed E-state index contributed by atoms with van der Waals surface area (Å²) < 4.78 is 0. The molecule has 0 aliphatic heterocycles. The van der Waals surface area contributed by atoms with Gasteiger partial charge in [0, 0.05) is 11.1 Å². The highest BCUT2D eigenvalue weighted by molar-refractivity contribution is 6.30. The van der Waals surface area contributed by atoms with Gasteiger partial charge in [0.1, 0.15) is 0 Å². The molecule has 2 unspecified atom stereocenters. The van der Waals surface area contributed by atoms with Gasteiger partial charge >= 0.3 is 0 Å². The van der Waals surface area contributed by atoms with Crippen LogP contribution in [-0.2, 0) is 6.42 Å². The van der Waals surface area contributed by atoms with Crippen molar-refractivity contribution < 1.29 is 0 Å². The summed E-state index contributed by atoms with van der Waals surface area (Å²) in [5.41, 5.74) is 1.37. The van der Waals surface area contributed by atoms with Crippen LogP contribution in [0.5, 0.6) is 0 Å². The maximum atomic E-state index is 5.91. The van der Waals surface area contributed by atoms with Gasteiger partial charge in [-0.2, -0.15) is 0 Å². The fraction of sp³-hybridized carbons (Fsp3) is 0.647. The predicted molar refractivity (Wildman–Crippen MR) is 83.7 cm³/mol. The lowest BCUT2D eigenvalue weighted by Gasteiger charge is -2.35. The average molecular weight is 280 g/mol. The van der Waals surface area contributed by atoms with E-state index in [1.165, 1.54) is 31.2 Å². The Balaban J connectivity index is 1.79. The third-order valence-electron chi connectivity index (χ3n) is 4.41. The Morgan fingerprint density at radius 1 is 1.16 bits per heavy atom. The van der Waals surface area contributed by atoms with Crippen LogP contribution in [0.4, 0.5) is 0 Å². The minimum atomic E-state index is 0.723. The van der Waals surface area contributed by atoms with E-state index in [1.807, 2.05) is 12.1 Å². The number of nitrogens with one attached hydrogen (secondary N) is 1. The number of hydrogen-bond donors (Lipinski definition) is 1. The molecule has 0 saturated heterocycles. The second kappa shape index (κ2) is 7.31. The van der Waals surface area contributed by atoms with Gasteiger partial charge in [-0.15, -0.1) is 0 Å². The van der Waals surface area contributed by atoms with Crippen molar-refractivity contribution in [3.05, 3.63) is 34.9 Å². The normalized spacial score (nSPS) is 23.8. The van der Waals surface area contributed by atoms with Crippen LogP contribution in [0.3, 0.4) is 0 Å². The summed E-state index contributed by atoms with van der Waals surface area (Å²) in [7, 11) is 0. The highest BCUT2D eigenvalue weighted by atomic mass is 35.5. The number of rotatable bonds is 5. The van der Waals surface area contributed by atoms with E-state index in [9.17, 15) is 0 Å². The first-order chi connectivity index (χ1) is 9.16. The van der Waals surface area contributed by atoms with Crippen LogP contribution in [0.2, 0.25) is 5.02 Å². The molecular weight excluding hydrogens is 254 g/mol. The van der Waals surface area contributed by atoms with E-state index in [0.717, 1.165) is 35.9 Å². The molecule has 2 rings (SSSR count). The van der Waals surface area contributed by atoms with Gasteiger partial charge in [0.15, 0.2) is 0 Å². The minimum Gasteiger partial charge on any atom is -0.313 e. The summed E-state index contributed by atoms with van der Waals surface area (Å²) in [6.45, 7) is 5.81. The van der Waals surface area contributed by atoms with Crippen LogP contribution in [0.15, 0.2) is 24.3 Å². The smallest absolute Gasteiger partial charge is 0.0406 e. The van der Waals surface area contributed by atoms with Crippen molar-refractivity contribution in [2.75, 3.05) is 6.54 Å². The SMILES string of the molecule is CC(C)C1CCCCC1NCCc1ccc(Cl)cc1. The van der Waals surface area contributed by atoms with E-state index in [2.05, 4.69) is 31.3 Å². The van der Waals surface area contributed by atoms with Gasteiger partial charge in [0.2, 0.25) is 0 Å². The lowest BCUT2D eigenvalue weighted by atomic mass is 9.78. The zero-order valence-corrected chi connectivity index (χ0v) is 12.9. The number of benzene rings is 1. The van der Waals surface area contributed by atoms with Crippen LogP contribution in [-0.4, -0.2) is 12.6 Å². The molecule has 1 aliphatic carbocycles. The lowest BCUT2D eigenvalue weighted by Crippen LogP contribution is -2.41. The molecule has 0 radical (unpaired) electrons. The summed E-state index contributed by atoms with van der Waals surface area (Å²) in [6, 6.07) is 8.94. The summed E-state index contributed by atoms with van der Waals surface area (Å²) in [4.78, 5) is 0. The van der Waals surface area contributed by atoms with Gasteiger partial charge in [-0.05, 0) is 55.3 Å². The van der Waals surface area contributed by atoms with Crippen molar-refractivity contribution in [1.82, 2.24) is 5.32 Å². The van der Waals surface area contributed by atoms with Crippen molar-refractivity contribution in [3.8, 4) is 0 Å². The quantitative estimate of drug-likeness (QED) is 0.825. The third kappa shape index (κ3) is 4.50. The standard InChI is InChI=1S/C17H26ClN/c1-13(2)16-5-3-4-6-17(16)19-12-11-14-7-9-15(18)10-8-14/h7-10,13,16-17,19H,3-6,11-12H2,1-2H3. The lowest BCUT2D eigenvalue weighted by molar-refractivity contribution is 0.207. The molecule has 1 saturated carbocycles. The van der Waals surface area contributed by atoms with E-state index in [-0.39, 0.29) is 0 Å². The zero-order valence-electron chi connectivity index (χ0n) is 12.2. The minimum absolute atomic E-state index is 0.723. The van der Waals surface area contributed by atoms with Crippen LogP contribution in [0.1, 0.15) is 45.1 Å². The third-order valence-corrected chi connectivity index (χ3v) is 4.66. The van der Waals surface area contributed by atoms with Crippen molar-refractivity contribution in [3.63, 3.8) is 0 Å². The summed E-state index contributed by atoms with van der Waals surface area (Å²) in [6.07, 6.45) is 6.65. The molecule has 1 aromatic rings. The van der Waals surface area contributed by atoms with Gasteiger partial charge in [-0.3, -0.25) is 0 Å². The molecule has 19 heavy (non-hydrogen) atoms. The van der Waals surface area contributed by atoms with Crippen molar-refractivity contribution in [1.29, 1.82) is 0 Å². The molecule has 1 fully saturated rings. The molecule has 0 spiro atoms. The molecule has 1 aliphatic rings. The van der Waals surface area contributed by atoms with Crippen LogP contribution >= 0.6 is 11.6 Å². The van der Waals surface area contributed by atoms with Crippen LogP contribution in [0.25, 0.3) is 0 Å². The maximum absolute atomic E-state index is 5.91. The molecule has 2 atom stereocenters. The van der Waals surface area contributed by atoms with Crippen molar-refractivity contribution in [2.24, 2.45) is 11.8 Å². The largest absolute Gasteiger partial charge is 0.313 e. The second-order valence-electron chi connectivity index (χ2n) is 6.13. The van der Waals surface area contributed by atoms with Crippen LogP contribution < -0.4 is 5.32 Å². The van der Waals surface area contributed by atoms with E-state index in [0.29, 0.717) is 0 Å². The molecule has 0 heterocycles. The Labute approximate surface area is 122 Å². The zero-order chi connectivity index (χ0) is 13.7. The second-order valence-corrected chi connectivity index (χ2v) is 6.57. The van der Waals surface area contributed by atoms with Crippen molar-refractivity contribution in [2.45, 2.75) is 52.0 Å². The van der Waals surface area contributed by atoms with E-state index >= 15 is 0 Å². The van der Waals surface area contributed by atoms with E-state index in [1.54, 1.807) is 0 Å². The van der Waals surface area contributed by atoms with Gasteiger partial charge in [-0.1, -0.05) is 50.4 Å². The van der Waals surface area contributed by atoms with Gasteiger partial charge in [0.05, 0.1) is 0 Å². The first-order valence-electron chi connectivity index (χ1n) is 7.64. The number of hydrogen-bond acceptors (Lipinski definition) is 1. The Morgan fingerprint density at radius 3 is 2.53 bits per heavy atom.